The fourth-order valence-electron chi connectivity index (χ4n) is 2.82. The lowest BCUT2D eigenvalue weighted by Gasteiger charge is -2.22. The minimum Gasteiger partial charge on any atom is -0.502 e. The first kappa shape index (κ1) is 17.7. The minimum absolute atomic E-state index is 0.00960. The lowest BCUT2D eigenvalue weighted by molar-refractivity contribution is -0.117. The Morgan fingerprint density at radius 1 is 1.25 bits per heavy atom. The van der Waals surface area contributed by atoms with Crippen molar-refractivity contribution in [3.05, 3.63) is 23.3 Å². The molecule has 1 aromatic carbocycles. The quantitative estimate of drug-likeness (QED) is 0.640. The molecular formula is C18H22N2O4. The molecule has 2 rings (SSSR count). The van der Waals surface area contributed by atoms with Crippen LogP contribution in [-0.2, 0) is 4.79 Å². The van der Waals surface area contributed by atoms with Crippen LogP contribution in [0.2, 0.25) is 0 Å². The molecule has 1 fully saturated rings. The van der Waals surface area contributed by atoms with E-state index in [1.165, 1.54) is 26.7 Å². The van der Waals surface area contributed by atoms with Crippen molar-refractivity contribution in [2.45, 2.75) is 38.1 Å². The molecule has 0 atom stereocenters. The van der Waals surface area contributed by atoms with Crippen LogP contribution < -0.4 is 14.8 Å². The number of nitrogens with zero attached hydrogens (tertiary/aromatic N) is 1. The molecular weight excluding hydrogens is 308 g/mol. The van der Waals surface area contributed by atoms with E-state index in [0.717, 1.165) is 25.7 Å². The van der Waals surface area contributed by atoms with E-state index in [4.69, 9.17) is 9.47 Å². The standard InChI is InChI=1S/C18H22N2O4/c1-23-15-9-12(10-16(24-2)17(15)21)8-13(11-19)18(22)20-14-6-4-3-5-7-14/h8-10,14,21H,3-7H2,1-2H3,(H,20,22)/b13-8-. The molecule has 0 saturated heterocycles. The number of phenolic OH excluding ortho intramolecular Hbond substituents is 1. The number of ether oxygens (including phenoxy) is 2. The zero-order chi connectivity index (χ0) is 17.5. The molecule has 0 bridgehead atoms. The molecule has 0 heterocycles. The summed E-state index contributed by atoms with van der Waals surface area (Å²) in [6.07, 6.45) is 6.76. The molecule has 1 saturated carbocycles. The van der Waals surface area contributed by atoms with Gasteiger partial charge in [-0.25, -0.2) is 0 Å². The Morgan fingerprint density at radius 2 is 1.83 bits per heavy atom. The van der Waals surface area contributed by atoms with Gasteiger partial charge in [0.2, 0.25) is 5.75 Å². The van der Waals surface area contributed by atoms with Crippen LogP contribution in [-0.4, -0.2) is 31.3 Å². The SMILES string of the molecule is COc1cc(/C=C(/C#N)C(=O)NC2CCCCC2)cc(OC)c1O. The number of nitriles is 1. The van der Waals surface area contributed by atoms with Crippen LogP contribution in [0.5, 0.6) is 17.2 Å². The summed E-state index contributed by atoms with van der Waals surface area (Å²) in [6.45, 7) is 0. The molecule has 1 aliphatic rings. The fraction of sp³-hybridized carbons (Fsp3) is 0.444. The van der Waals surface area contributed by atoms with Crippen molar-refractivity contribution in [1.82, 2.24) is 5.32 Å². The number of carbonyl (C=O) groups is 1. The highest BCUT2D eigenvalue weighted by atomic mass is 16.5. The van der Waals surface area contributed by atoms with Crippen molar-refractivity contribution in [2.24, 2.45) is 0 Å². The first-order valence-corrected chi connectivity index (χ1v) is 7.96. The van der Waals surface area contributed by atoms with Gasteiger partial charge in [-0.05, 0) is 36.6 Å². The van der Waals surface area contributed by atoms with Gasteiger partial charge in [0.15, 0.2) is 11.5 Å². The lowest BCUT2D eigenvalue weighted by Crippen LogP contribution is -2.36. The van der Waals surface area contributed by atoms with Crippen LogP contribution in [0.15, 0.2) is 17.7 Å². The molecule has 6 heteroatoms. The van der Waals surface area contributed by atoms with E-state index in [9.17, 15) is 15.2 Å². The third-order valence-corrected chi connectivity index (χ3v) is 4.12. The second-order valence-electron chi connectivity index (χ2n) is 5.75. The van der Waals surface area contributed by atoms with E-state index in [2.05, 4.69) is 5.32 Å². The number of amides is 1. The maximum absolute atomic E-state index is 12.3. The van der Waals surface area contributed by atoms with Gasteiger partial charge < -0.3 is 19.9 Å². The summed E-state index contributed by atoms with van der Waals surface area (Å²) in [7, 11) is 2.84. The molecule has 0 aromatic heterocycles. The van der Waals surface area contributed by atoms with Crippen molar-refractivity contribution in [3.8, 4) is 23.3 Å². The number of methoxy groups -OCH3 is 2. The molecule has 0 unspecified atom stereocenters. The summed E-state index contributed by atoms with van der Waals surface area (Å²) < 4.78 is 10.2. The Kier molecular flexibility index (Phi) is 6.07. The molecule has 6 nitrogen and oxygen atoms in total. The van der Waals surface area contributed by atoms with E-state index in [1.807, 2.05) is 6.07 Å². The van der Waals surface area contributed by atoms with Gasteiger partial charge in [-0.2, -0.15) is 5.26 Å². The van der Waals surface area contributed by atoms with Crippen LogP contribution in [0, 0.1) is 11.3 Å². The third kappa shape index (κ3) is 4.19. The number of benzene rings is 1. The number of nitrogens with one attached hydrogen (secondary N) is 1. The van der Waals surface area contributed by atoms with Gasteiger partial charge in [-0.1, -0.05) is 19.3 Å². The Bertz CT molecular complexity index is 645. The normalized spacial score (nSPS) is 15.5. The highest BCUT2D eigenvalue weighted by Gasteiger charge is 2.18. The average molecular weight is 330 g/mol. The highest BCUT2D eigenvalue weighted by molar-refractivity contribution is 6.02. The monoisotopic (exact) mass is 330 g/mol. The summed E-state index contributed by atoms with van der Waals surface area (Å²) in [4.78, 5) is 12.3. The van der Waals surface area contributed by atoms with E-state index in [0.29, 0.717) is 5.56 Å². The second-order valence-corrected chi connectivity index (χ2v) is 5.75. The van der Waals surface area contributed by atoms with E-state index < -0.39 is 0 Å². The number of hydrogen-bond donors (Lipinski definition) is 2. The van der Waals surface area contributed by atoms with Gasteiger partial charge in [0.1, 0.15) is 11.6 Å². The Balaban J connectivity index is 2.23. The van der Waals surface area contributed by atoms with Gasteiger partial charge in [0.05, 0.1) is 14.2 Å². The largest absolute Gasteiger partial charge is 0.502 e. The summed E-state index contributed by atoms with van der Waals surface area (Å²) in [5, 5.41) is 22.1. The Morgan fingerprint density at radius 3 is 2.33 bits per heavy atom. The Hall–Kier alpha value is -2.68. The van der Waals surface area contributed by atoms with E-state index >= 15 is 0 Å². The van der Waals surface area contributed by atoms with Crippen LogP contribution in [0.25, 0.3) is 6.08 Å². The van der Waals surface area contributed by atoms with Gasteiger partial charge >= 0.3 is 0 Å². The average Bonchev–Trinajstić information content (AvgIpc) is 2.61. The lowest BCUT2D eigenvalue weighted by atomic mass is 9.95. The topological polar surface area (TPSA) is 91.6 Å². The maximum atomic E-state index is 12.3. The maximum Gasteiger partial charge on any atom is 0.262 e. The fourth-order valence-corrected chi connectivity index (χ4v) is 2.82. The first-order valence-electron chi connectivity index (χ1n) is 7.96. The van der Waals surface area contributed by atoms with Gasteiger partial charge in [-0.3, -0.25) is 4.79 Å². The molecule has 0 radical (unpaired) electrons. The summed E-state index contributed by atoms with van der Waals surface area (Å²) in [5.41, 5.74) is 0.548. The predicted molar refractivity (Wildman–Crippen MR) is 89.8 cm³/mol. The van der Waals surface area contributed by atoms with Crippen LogP contribution >= 0.6 is 0 Å². The Labute approximate surface area is 141 Å². The summed E-state index contributed by atoms with van der Waals surface area (Å²) in [6, 6.07) is 5.16. The van der Waals surface area contributed by atoms with Crippen molar-refractivity contribution >= 4 is 12.0 Å². The molecule has 1 aromatic rings. The zero-order valence-electron chi connectivity index (χ0n) is 14.0. The van der Waals surface area contributed by atoms with Gasteiger partial charge in [0, 0.05) is 6.04 Å². The van der Waals surface area contributed by atoms with Gasteiger partial charge in [0.25, 0.3) is 5.91 Å². The minimum atomic E-state index is -0.379. The molecule has 0 spiro atoms. The van der Waals surface area contributed by atoms with Crippen molar-refractivity contribution in [2.75, 3.05) is 14.2 Å². The third-order valence-electron chi connectivity index (χ3n) is 4.12. The van der Waals surface area contributed by atoms with Crippen LogP contribution in [0.4, 0.5) is 0 Å². The molecule has 2 N–H and O–H groups in total. The number of phenols is 1. The molecule has 1 aliphatic carbocycles. The highest BCUT2D eigenvalue weighted by Crippen LogP contribution is 2.37. The van der Waals surface area contributed by atoms with E-state index in [-0.39, 0.29) is 34.8 Å². The molecule has 1 amide bonds. The number of rotatable bonds is 5. The second kappa shape index (κ2) is 8.25. The summed E-state index contributed by atoms with van der Waals surface area (Å²) >= 11 is 0. The predicted octanol–water partition coefficient (Wildman–Crippen LogP) is 2.77. The van der Waals surface area contributed by atoms with Crippen molar-refractivity contribution < 1.29 is 19.4 Å². The number of hydrogen-bond acceptors (Lipinski definition) is 5. The zero-order valence-corrected chi connectivity index (χ0v) is 14.0. The van der Waals surface area contributed by atoms with Gasteiger partial charge in [-0.15, -0.1) is 0 Å². The number of aromatic hydroxyl groups is 1. The smallest absolute Gasteiger partial charge is 0.262 e. The molecule has 24 heavy (non-hydrogen) atoms. The van der Waals surface area contributed by atoms with E-state index in [1.54, 1.807) is 12.1 Å². The van der Waals surface area contributed by atoms with Crippen LogP contribution in [0.3, 0.4) is 0 Å². The molecule has 128 valence electrons. The number of carbonyl (C=O) groups excluding carboxylic acids is 1. The van der Waals surface area contributed by atoms with Crippen molar-refractivity contribution in [1.29, 1.82) is 5.26 Å². The van der Waals surface area contributed by atoms with Crippen LogP contribution in [0.1, 0.15) is 37.7 Å². The molecule has 0 aliphatic heterocycles. The first-order chi connectivity index (χ1) is 11.6. The van der Waals surface area contributed by atoms with Crippen molar-refractivity contribution in [3.63, 3.8) is 0 Å². The summed E-state index contributed by atoms with van der Waals surface area (Å²) in [5.74, 6) is -0.0751.